The molecule has 0 unspecified atom stereocenters. The van der Waals surface area contributed by atoms with Crippen LogP contribution in [-0.4, -0.2) is 20.9 Å². The van der Waals surface area contributed by atoms with Crippen LogP contribution in [0.5, 0.6) is 5.75 Å². The number of halogens is 1. The summed E-state index contributed by atoms with van der Waals surface area (Å²) < 4.78 is 20.7. The number of nitrogen functional groups attached to an aromatic ring is 1. The van der Waals surface area contributed by atoms with Gasteiger partial charge in [0.2, 0.25) is 0 Å². The maximum Gasteiger partial charge on any atom is 0.169 e. The zero-order chi connectivity index (χ0) is 14.7. The quantitative estimate of drug-likeness (QED) is 0.818. The fourth-order valence-electron chi connectivity index (χ4n) is 1.71. The lowest BCUT2D eigenvalue weighted by molar-refractivity contribution is 0.231. The standard InChI is InChI=1S/C13H18FN5O/c1-8(2)20-12-5-11(10(15)4-9(12)14)16-6-13-17-7-19(3)18-13/h4-5,7-8,16H,6,15H2,1-3H3. The second-order valence-electron chi connectivity index (χ2n) is 4.72. The molecular weight excluding hydrogens is 261 g/mol. The summed E-state index contributed by atoms with van der Waals surface area (Å²) in [6.07, 6.45) is 1.50. The van der Waals surface area contributed by atoms with Gasteiger partial charge in [-0.1, -0.05) is 0 Å². The third kappa shape index (κ3) is 3.37. The minimum absolute atomic E-state index is 0.113. The van der Waals surface area contributed by atoms with Gasteiger partial charge in [-0.05, 0) is 13.8 Å². The number of hydrogen-bond donors (Lipinski definition) is 2. The molecule has 2 aromatic rings. The van der Waals surface area contributed by atoms with Crippen LogP contribution in [0.3, 0.4) is 0 Å². The second kappa shape index (κ2) is 5.77. The van der Waals surface area contributed by atoms with Gasteiger partial charge < -0.3 is 15.8 Å². The Morgan fingerprint density at radius 1 is 1.45 bits per heavy atom. The molecular formula is C13H18FN5O. The molecule has 0 saturated carbocycles. The van der Waals surface area contributed by atoms with E-state index >= 15 is 0 Å². The first-order valence-electron chi connectivity index (χ1n) is 6.29. The highest BCUT2D eigenvalue weighted by Crippen LogP contribution is 2.29. The van der Waals surface area contributed by atoms with E-state index in [1.807, 2.05) is 13.8 Å². The van der Waals surface area contributed by atoms with Crippen molar-refractivity contribution >= 4 is 11.4 Å². The Kier molecular flexibility index (Phi) is 4.07. The Bertz CT molecular complexity index is 596. The van der Waals surface area contributed by atoms with Crippen molar-refractivity contribution < 1.29 is 9.13 Å². The summed E-state index contributed by atoms with van der Waals surface area (Å²) in [4.78, 5) is 4.09. The number of nitrogens with zero attached hydrogens (tertiary/aromatic N) is 3. The number of nitrogens with one attached hydrogen (secondary N) is 1. The first-order valence-corrected chi connectivity index (χ1v) is 6.29. The van der Waals surface area contributed by atoms with E-state index in [1.165, 1.54) is 6.07 Å². The Hall–Kier alpha value is -2.31. The highest BCUT2D eigenvalue weighted by molar-refractivity contribution is 5.68. The van der Waals surface area contributed by atoms with E-state index in [0.29, 0.717) is 23.7 Å². The number of anilines is 2. The van der Waals surface area contributed by atoms with Gasteiger partial charge in [-0.25, -0.2) is 9.37 Å². The molecule has 3 N–H and O–H groups in total. The molecule has 20 heavy (non-hydrogen) atoms. The zero-order valence-corrected chi connectivity index (χ0v) is 11.7. The minimum Gasteiger partial charge on any atom is -0.488 e. The maximum absolute atomic E-state index is 13.7. The SMILES string of the molecule is CC(C)Oc1cc(NCc2ncn(C)n2)c(N)cc1F. The molecule has 108 valence electrons. The molecule has 1 aromatic carbocycles. The van der Waals surface area contributed by atoms with Crippen LogP contribution in [0.15, 0.2) is 18.5 Å². The van der Waals surface area contributed by atoms with Crippen LogP contribution in [-0.2, 0) is 13.6 Å². The van der Waals surface area contributed by atoms with Crippen LogP contribution in [0.2, 0.25) is 0 Å². The van der Waals surface area contributed by atoms with Gasteiger partial charge in [-0.3, -0.25) is 4.68 Å². The topological polar surface area (TPSA) is 78.0 Å². The molecule has 0 aliphatic heterocycles. The number of benzene rings is 1. The number of rotatable bonds is 5. The molecule has 0 fully saturated rings. The van der Waals surface area contributed by atoms with Crippen LogP contribution in [0, 0.1) is 5.82 Å². The fourth-order valence-corrected chi connectivity index (χ4v) is 1.71. The molecule has 0 aliphatic rings. The molecule has 0 aliphatic carbocycles. The monoisotopic (exact) mass is 279 g/mol. The molecule has 0 spiro atoms. The van der Waals surface area contributed by atoms with Gasteiger partial charge in [0.05, 0.1) is 24.0 Å². The minimum atomic E-state index is -0.474. The lowest BCUT2D eigenvalue weighted by atomic mass is 10.2. The van der Waals surface area contributed by atoms with Crippen molar-refractivity contribution in [3.05, 3.63) is 30.1 Å². The van der Waals surface area contributed by atoms with Crippen molar-refractivity contribution in [1.29, 1.82) is 0 Å². The Morgan fingerprint density at radius 2 is 2.20 bits per heavy atom. The molecule has 1 heterocycles. The van der Waals surface area contributed by atoms with Crippen molar-refractivity contribution in [2.24, 2.45) is 7.05 Å². The molecule has 1 aromatic heterocycles. The molecule has 0 saturated heterocycles. The van der Waals surface area contributed by atoms with Gasteiger partial charge >= 0.3 is 0 Å². The van der Waals surface area contributed by atoms with Crippen LogP contribution >= 0.6 is 0 Å². The van der Waals surface area contributed by atoms with E-state index < -0.39 is 5.82 Å². The summed E-state index contributed by atoms with van der Waals surface area (Å²) >= 11 is 0. The average molecular weight is 279 g/mol. The Labute approximate surface area is 116 Å². The number of ether oxygens (including phenoxy) is 1. The van der Waals surface area contributed by atoms with E-state index in [2.05, 4.69) is 15.4 Å². The summed E-state index contributed by atoms with van der Waals surface area (Å²) in [6.45, 7) is 4.07. The summed E-state index contributed by atoms with van der Waals surface area (Å²) in [5.41, 5.74) is 6.69. The molecule has 0 atom stereocenters. The van der Waals surface area contributed by atoms with Crippen molar-refractivity contribution in [3.63, 3.8) is 0 Å². The van der Waals surface area contributed by atoms with Gasteiger partial charge in [0.1, 0.15) is 6.33 Å². The third-order valence-corrected chi connectivity index (χ3v) is 2.55. The number of nitrogens with two attached hydrogens (primary N) is 1. The normalized spacial score (nSPS) is 10.8. The van der Waals surface area contributed by atoms with Crippen molar-refractivity contribution in [3.8, 4) is 5.75 Å². The van der Waals surface area contributed by atoms with Gasteiger partial charge in [0, 0.05) is 19.2 Å². The number of hydrogen-bond acceptors (Lipinski definition) is 5. The lowest BCUT2D eigenvalue weighted by Crippen LogP contribution is -2.09. The average Bonchev–Trinajstić information content (AvgIpc) is 2.76. The number of aromatic nitrogens is 3. The van der Waals surface area contributed by atoms with E-state index in [0.717, 1.165) is 0 Å². The van der Waals surface area contributed by atoms with E-state index in [4.69, 9.17) is 10.5 Å². The van der Waals surface area contributed by atoms with Gasteiger partial charge in [0.15, 0.2) is 17.4 Å². The predicted molar refractivity (Wildman–Crippen MR) is 74.9 cm³/mol. The predicted octanol–water partition coefficient (Wildman–Crippen LogP) is 1.94. The highest BCUT2D eigenvalue weighted by Gasteiger charge is 2.11. The summed E-state index contributed by atoms with van der Waals surface area (Å²) in [5, 5.41) is 7.21. The molecule has 0 amide bonds. The molecule has 7 heteroatoms. The zero-order valence-electron chi connectivity index (χ0n) is 11.7. The fraction of sp³-hybridized carbons (Fsp3) is 0.385. The van der Waals surface area contributed by atoms with Crippen molar-refractivity contribution in [2.75, 3.05) is 11.1 Å². The smallest absolute Gasteiger partial charge is 0.169 e. The lowest BCUT2D eigenvalue weighted by Gasteiger charge is -2.14. The highest BCUT2D eigenvalue weighted by atomic mass is 19.1. The summed E-state index contributed by atoms with van der Waals surface area (Å²) in [7, 11) is 1.79. The van der Waals surface area contributed by atoms with Crippen LogP contribution in [0.4, 0.5) is 15.8 Å². The van der Waals surface area contributed by atoms with Crippen LogP contribution in [0.25, 0.3) is 0 Å². The molecule has 0 radical (unpaired) electrons. The summed E-state index contributed by atoms with van der Waals surface area (Å²) in [6, 6.07) is 2.79. The van der Waals surface area contributed by atoms with Crippen LogP contribution in [0.1, 0.15) is 19.7 Å². The first kappa shape index (κ1) is 14.1. The summed E-state index contributed by atoms with van der Waals surface area (Å²) in [5.74, 6) is 0.325. The van der Waals surface area contributed by atoms with Gasteiger partial charge in [0.25, 0.3) is 0 Å². The second-order valence-corrected chi connectivity index (χ2v) is 4.72. The maximum atomic E-state index is 13.7. The third-order valence-electron chi connectivity index (χ3n) is 2.55. The number of aryl methyl sites for hydroxylation is 1. The largest absolute Gasteiger partial charge is 0.488 e. The van der Waals surface area contributed by atoms with E-state index in [-0.39, 0.29) is 11.9 Å². The first-order chi connectivity index (χ1) is 9.45. The van der Waals surface area contributed by atoms with E-state index in [9.17, 15) is 4.39 Å². The Morgan fingerprint density at radius 3 is 2.80 bits per heavy atom. The van der Waals surface area contributed by atoms with Gasteiger partial charge in [-0.2, -0.15) is 5.10 Å². The van der Waals surface area contributed by atoms with Gasteiger partial charge in [-0.15, -0.1) is 0 Å². The van der Waals surface area contributed by atoms with Crippen molar-refractivity contribution in [2.45, 2.75) is 26.5 Å². The van der Waals surface area contributed by atoms with Crippen LogP contribution < -0.4 is 15.8 Å². The molecule has 6 nitrogen and oxygen atoms in total. The molecule has 2 rings (SSSR count). The molecule has 0 bridgehead atoms. The Balaban J connectivity index is 2.14. The van der Waals surface area contributed by atoms with E-state index in [1.54, 1.807) is 24.1 Å². The van der Waals surface area contributed by atoms with Crippen molar-refractivity contribution in [1.82, 2.24) is 14.8 Å².